The number of aliphatic hydroxyl groups is 1. The zero-order valence-corrected chi connectivity index (χ0v) is 28.4. The second-order valence-corrected chi connectivity index (χ2v) is 13.5. The lowest BCUT2D eigenvalue weighted by atomic mass is 9.89. The van der Waals surface area contributed by atoms with E-state index in [-0.39, 0.29) is 17.6 Å². The zero-order valence-electron chi connectivity index (χ0n) is 28.4. The second kappa shape index (κ2) is 16.1. The normalized spacial score (nSPS) is 19.1. The lowest BCUT2D eigenvalue weighted by Gasteiger charge is -2.43. The lowest BCUT2D eigenvalue weighted by molar-refractivity contribution is -0.109. The molecule has 48 heavy (non-hydrogen) atoms. The number of hydrogen-bond acceptors (Lipinski definition) is 10. The highest BCUT2D eigenvalue weighted by atomic mass is 16.5. The SMILES string of the molecule is Cn1cc(C(/C=C\N)=C(\CO)C/C=C/C2=C(NCCNC=O)CC(C)(C)C2)cc(Nc2ccc(N3CCN(C4COC4)CC3)cn2)c1=O. The van der Waals surface area contributed by atoms with Crippen molar-refractivity contribution in [1.29, 1.82) is 0 Å². The summed E-state index contributed by atoms with van der Waals surface area (Å²) < 4.78 is 6.88. The van der Waals surface area contributed by atoms with Crippen LogP contribution < -0.4 is 32.1 Å². The standard InChI is InChI=1S/C36H50N8O4/c1-36(2)18-26(33(19-36)39-12-11-38-25-46)5-4-6-27(22-45)31(9-10-37)28-17-32(35(47)42(3)21-28)41-34-8-7-29(20-40-34)43-13-15-44(16-14-43)30-23-48-24-30/h4-5,7-10,17,20-21,25,30,39,45H,6,11-16,18-19,22-24,37H2,1-3H3,(H,38,46)(H,40,41)/b5-4+,10-9-,31-27-. The monoisotopic (exact) mass is 658 g/mol. The van der Waals surface area contributed by atoms with Crippen molar-refractivity contribution in [2.24, 2.45) is 18.2 Å². The maximum Gasteiger partial charge on any atom is 0.274 e. The minimum Gasteiger partial charge on any atom is -0.405 e. The number of aliphatic hydroxyl groups excluding tert-OH is 1. The fraction of sp³-hybridized carbons (Fsp3) is 0.472. The average Bonchev–Trinajstić information content (AvgIpc) is 3.35. The molecule has 2 saturated heterocycles. The third-order valence-electron chi connectivity index (χ3n) is 9.24. The van der Waals surface area contributed by atoms with Gasteiger partial charge in [-0.15, -0.1) is 0 Å². The van der Waals surface area contributed by atoms with Gasteiger partial charge in [0.25, 0.3) is 5.56 Å². The predicted molar refractivity (Wildman–Crippen MR) is 191 cm³/mol. The molecular formula is C36H50N8O4. The molecule has 4 heterocycles. The van der Waals surface area contributed by atoms with E-state index in [4.69, 9.17) is 10.5 Å². The second-order valence-electron chi connectivity index (χ2n) is 13.5. The molecule has 0 aromatic carbocycles. The van der Waals surface area contributed by atoms with E-state index in [2.05, 4.69) is 56.7 Å². The number of hydrogen-bond donors (Lipinski definition) is 5. The fourth-order valence-electron chi connectivity index (χ4n) is 6.59. The minimum atomic E-state index is -0.193. The van der Waals surface area contributed by atoms with Crippen LogP contribution in [0.3, 0.4) is 0 Å². The van der Waals surface area contributed by atoms with E-state index in [9.17, 15) is 14.7 Å². The van der Waals surface area contributed by atoms with E-state index >= 15 is 0 Å². The third-order valence-corrected chi connectivity index (χ3v) is 9.24. The molecule has 258 valence electrons. The molecule has 0 spiro atoms. The third kappa shape index (κ3) is 8.74. The van der Waals surface area contributed by atoms with Crippen LogP contribution in [0.5, 0.6) is 0 Å². The van der Waals surface area contributed by atoms with Crippen LogP contribution in [-0.2, 0) is 16.6 Å². The number of nitrogens with two attached hydrogens (primary N) is 1. The number of rotatable bonds is 15. The molecule has 2 fully saturated rings. The summed E-state index contributed by atoms with van der Waals surface area (Å²) >= 11 is 0. The van der Waals surface area contributed by atoms with Gasteiger partial charge in [0, 0.05) is 63.8 Å². The fourth-order valence-corrected chi connectivity index (χ4v) is 6.59. The van der Waals surface area contributed by atoms with Gasteiger partial charge in [-0.3, -0.25) is 14.5 Å². The molecule has 2 aliphatic heterocycles. The molecule has 3 aliphatic rings. The van der Waals surface area contributed by atoms with Crippen molar-refractivity contribution in [3.63, 3.8) is 0 Å². The Kier molecular flexibility index (Phi) is 11.7. The van der Waals surface area contributed by atoms with Gasteiger partial charge in [-0.25, -0.2) is 4.98 Å². The molecule has 1 aliphatic carbocycles. The number of amides is 1. The maximum atomic E-state index is 13.2. The molecule has 6 N–H and O–H groups in total. The van der Waals surface area contributed by atoms with Crippen molar-refractivity contribution in [3.05, 3.63) is 87.8 Å². The number of aryl methyl sites for hydroxylation is 1. The van der Waals surface area contributed by atoms with E-state index < -0.39 is 0 Å². The summed E-state index contributed by atoms with van der Waals surface area (Å²) in [6.07, 6.45) is 14.1. The van der Waals surface area contributed by atoms with Gasteiger partial charge < -0.3 is 41.0 Å². The van der Waals surface area contributed by atoms with Gasteiger partial charge in [-0.05, 0) is 71.9 Å². The van der Waals surface area contributed by atoms with Gasteiger partial charge in [-0.2, -0.15) is 0 Å². The Labute approximate surface area is 283 Å². The molecule has 1 amide bonds. The van der Waals surface area contributed by atoms with Crippen molar-refractivity contribution < 1.29 is 14.6 Å². The van der Waals surface area contributed by atoms with Crippen LogP contribution in [0.15, 0.2) is 76.7 Å². The first-order valence-corrected chi connectivity index (χ1v) is 16.7. The van der Waals surface area contributed by atoms with Gasteiger partial charge in [-0.1, -0.05) is 26.0 Å². The molecule has 0 unspecified atom stereocenters. The molecule has 2 aromatic heterocycles. The van der Waals surface area contributed by atoms with Crippen LogP contribution in [0.1, 0.15) is 38.7 Å². The molecule has 0 radical (unpaired) electrons. The highest BCUT2D eigenvalue weighted by Crippen LogP contribution is 2.40. The largest absolute Gasteiger partial charge is 0.405 e. The van der Waals surface area contributed by atoms with Crippen LogP contribution >= 0.6 is 0 Å². The van der Waals surface area contributed by atoms with Crippen molar-refractivity contribution in [2.45, 2.75) is 39.2 Å². The molecule has 0 atom stereocenters. The van der Waals surface area contributed by atoms with E-state index in [1.165, 1.54) is 22.0 Å². The van der Waals surface area contributed by atoms with E-state index in [1.54, 1.807) is 25.4 Å². The molecule has 2 aromatic rings. The van der Waals surface area contributed by atoms with Crippen molar-refractivity contribution in [3.8, 4) is 0 Å². The number of piperazine rings is 1. The number of nitrogens with one attached hydrogen (secondary N) is 3. The summed E-state index contributed by atoms with van der Waals surface area (Å²) in [5.74, 6) is 0.572. The summed E-state index contributed by atoms with van der Waals surface area (Å²) in [5, 5.41) is 19.8. The minimum absolute atomic E-state index is 0.136. The average molecular weight is 659 g/mol. The molecular weight excluding hydrogens is 608 g/mol. The van der Waals surface area contributed by atoms with Crippen LogP contribution in [0, 0.1) is 5.41 Å². The summed E-state index contributed by atoms with van der Waals surface area (Å²) in [5.41, 5.74) is 11.9. The molecule has 12 heteroatoms. The zero-order chi connectivity index (χ0) is 34.1. The van der Waals surface area contributed by atoms with Gasteiger partial charge >= 0.3 is 0 Å². The van der Waals surface area contributed by atoms with Crippen molar-refractivity contribution in [2.75, 3.05) is 69.3 Å². The highest BCUT2D eigenvalue weighted by Gasteiger charge is 2.30. The Bertz CT molecular complexity index is 1600. The van der Waals surface area contributed by atoms with Crippen LogP contribution in [-0.4, -0.2) is 91.1 Å². The number of carbonyl (C=O) groups is 1. The number of anilines is 3. The first kappa shape index (κ1) is 34.9. The quantitative estimate of drug-likeness (QED) is 0.110. The molecule has 5 rings (SSSR count). The first-order valence-electron chi connectivity index (χ1n) is 16.7. The number of nitrogens with zero attached hydrogens (tertiary/aromatic N) is 4. The van der Waals surface area contributed by atoms with E-state index in [0.717, 1.165) is 74.6 Å². The topological polar surface area (TPSA) is 150 Å². The van der Waals surface area contributed by atoms with Gasteiger partial charge in [0.2, 0.25) is 6.41 Å². The van der Waals surface area contributed by atoms with Gasteiger partial charge in [0.05, 0.1) is 37.7 Å². The van der Waals surface area contributed by atoms with Crippen LogP contribution in [0.2, 0.25) is 0 Å². The lowest BCUT2D eigenvalue weighted by Crippen LogP contribution is -2.56. The molecule has 0 saturated carbocycles. The van der Waals surface area contributed by atoms with Crippen molar-refractivity contribution >= 4 is 29.2 Å². The molecule has 12 nitrogen and oxygen atoms in total. The number of pyridine rings is 2. The Morgan fingerprint density at radius 2 is 1.96 bits per heavy atom. The first-order chi connectivity index (χ1) is 23.2. The Hall–Kier alpha value is -4.39. The Morgan fingerprint density at radius 3 is 2.60 bits per heavy atom. The summed E-state index contributed by atoms with van der Waals surface area (Å²) in [4.78, 5) is 33.3. The van der Waals surface area contributed by atoms with E-state index in [1.807, 2.05) is 18.3 Å². The Balaban J connectivity index is 1.30. The predicted octanol–water partition coefficient (Wildman–Crippen LogP) is 2.62. The number of ether oxygens (including phenoxy) is 1. The summed E-state index contributed by atoms with van der Waals surface area (Å²) in [6, 6.07) is 6.27. The van der Waals surface area contributed by atoms with Crippen LogP contribution in [0.25, 0.3) is 5.57 Å². The van der Waals surface area contributed by atoms with Crippen molar-refractivity contribution in [1.82, 2.24) is 25.1 Å². The smallest absolute Gasteiger partial charge is 0.274 e. The number of allylic oxidation sites excluding steroid dienone is 6. The van der Waals surface area contributed by atoms with Gasteiger partial charge in [0.1, 0.15) is 11.5 Å². The molecule has 0 bridgehead atoms. The highest BCUT2D eigenvalue weighted by molar-refractivity contribution is 5.78. The van der Waals surface area contributed by atoms with Crippen LogP contribution in [0.4, 0.5) is 17.2 Å². The van der Waals surface area contributed by atoms with Gasteiger partial charge in [0.15, 0.2) is 0 Å². The van der Waals surface area contributed by atoms with E-state index in [0.29, 0.717) is 43.5 Å². The summed E-state index contributed by atoms with van der Waals surface area (Å²) in [7, 11) is 1.71. The number of aromatic nitrogens is 2. The number of carbonyl (C=O) groups excluding carboxylic acids is 1. The maximum absolute atomic E-state index is 13.2. The summed E-state index contributed by atoms with van der Waals surface area (Å²) in [6.45, 7) is 11.1. The Morgan fingerprint density at radius 1 is 1.17 bits per heavy atom.